The first-order valence-corrected chi connectivity index (χ1v) is 6.85. The monoisotopic (exact) mass is 280 g/mol. The van der Waals surface area contributed by atoms with Gasteiger partial charge in [0.2, 0.25) is 0 Å². The van der Waals surface area contributed by atoms with Gasteiger partial charge in [0.05, 0.1) is 10.6 Å². The van der Waals surface area contributed by atoms with Gasteiger partial charge in [0, 0.05) is 29.7 Å². The van der Waals surface area contributed by atoms with Gasteiger partial charge in [0.1, 0.15) is 0 Å². The second kappa shape index (κ2) is 5.98. The molecule has 2 aromatic heterocycles. The molecule has 1 unspecified atom stereocenters. The van der Waals surface area contributed by atoms with Crippen LogP contribution in [0.4, 0.5) is 0 Å². The number of carbonyl (C=O) groups is 1. The fraction of sp³-hybridized carbons (Fsp3) is 0.231. The maximum absolute atomic E-state index is 12.0. The average Bonchev–Trinajstić information content (AvgIpc) is 2.82. The third-order valence-electron chi connectivity index (χ3n) is 2.48. The van der Waals surface area contributed by atoms with Crippen LogP contribution in [0.15, 0.2) is 36.0 Å². The zero-order valence-electron chi connectivity index (χ0n) is 9.89. The lowest BCUT2D eigenvalue weighted by molar-refractivity contribution is 0.0940. The molecule has 0 aromatic carbocycles. The van der Waals surface area contributed by atoms with Crippen molar-refractivity contribution in [1.82, 2.24) is 10.3 Å². The van der Waals surface area contributed by atoms with Crippen LogP contribution < -0.4 is 5.32 Å². The lowest BCUT2D eigenvalue weighted by Gasteiger charge is -2.13. The van der Waals surface area contributed by atoms with Crippen LogP contribution in [-0.4, -0.2) is 16.9 Å². The predicted octanol–water partition coefficient (Wildman–Crippen LogP) is 3.16. The largest absolute Gasteiger partial charge is 0.349 e. The normalized spacial score (nSPS) is 12.1. The van der Waals surface area contributed by atoms with E-state index in [0.717, 1.165) is 6.42 Å². The Bertz CT molecular complexity index is 528. The third-order valence-corrected chi connectivity index (χ3v) is 3.71. The van der Waals surface area contributed by atoms with Crippen LogP contribution in [0.5, 0.6) is 0 Å². The average molecular weight is 281 g/mol. The number of hydrogen-bond donors (Lipinski definition) is 1. The molecular formula is C13H13ClN2OS. The molecule has 1 atom stereocenters. The summed E-state index contributed by atoms with van der Waals surface area (Å²) in [4.78, 5) is 17.1. The molecule has 2 heterocycles. The molecule has 0 saturated heterocycles. The van der Waals surface area contributed by atoms with Crippen LogP contribution in [0, 0.1) is 0 Å². The zero-order valence-corrected chi connectivity index (χ0v) is 11.5. The number of rotatable bonds is 4. The Balaban J connectivity index is 1.97. The summed E-state index contributed by atoms with van der Waals surface area (Å²) >= 11 is 7.63. The lowest BCUT2D eigenvalue weighted by Crippen LogP contribution is -2.34. The summed E-state index contributed by atoms with van der Waals surface area (Å²) in [6.45, 7) is 1.97. The zero-order chi connectivity index (χ0) is 13.0. The molecule has 3 nitrogen and oxygen atoms in total. The summed E-state index contributed by atoms with van der Waals surface area (Å²) in [6.07, 6.45) is 3.87. The van der Waals surface area contributed by atoms with E-state index in [4.69, 9.17) is 11.6 Å². The van der Waals surface area contributed by atoms with Gasteiger partial charge in [-0.25, -0.2) is 0 Å². The van der Waals surface area contributed by atoms with Gasteiger partial charge in [-0.3, -0.25) is 9.78 Å². The molecule has 5 heteroatoms. The van der Waals surface area contributed by atoms with Crippen molar-refractivity contribution < 1.29 is 4.79 Å². The third kappa shape index (κ3) is 3.31. The van der Waals surface area contributed by atoms with Gasteiger partial charge in [-0.1, -0.05) is 17.7 Å². The molecule has 2 rings (SSSR count). The summed E-state index contributed by atoms with van der Waals surface area (Å²) in [6, 6.07) is 5.74. The summed E-state index contributed by atoms with van der Waals surface area (Å²) in [7, 11) is 0. The fourth-order valence-corrected chi connectivity index (χ4v) is 2.65. The molecule has 0 fully saturated rings. The second-order valence-corrected chi connectivity index (χ2v) is 5.45. The van der Waals surface area contributed by atoms with Crippen LogP contribution in [0.25, 0.3) is 0 Å². The predicted molar refractivity (Wildman–Crippen MR) is 74.2 cm³/mol. The number of nitrogens with zero attached hydrogens (tertiary/aromatic N) is 1. The van der Waals surface area contributed by atoms with E-state index in [1.54, 1.807) is 23.6 Å². The molecule has 0 aliphatic heterocycles. The van der Waals surface area contributed by atoms with Crippen molar-refractivity contribution in [3.63, 3.8) is 0 Å². The van der Waals surface area contributed by atoms with Crippen molar-refractivity contribution in [3.8, 4) is 0 Å². The van der Waals surface area contributed by atoms with E-state index in [1.807, 2.05) is 18.4 Å². The fourth-order valence-electron chi connectivity index (χ4n) is 1.63. The minimum atomic E-state index is -0.183. The molecule has 0 radical (unpaired) electrons. The topological polar surface area (TPSA) is 42.0 Å². The molecular weight excluding hydrogens is 268 g/mol. The number of nitrogens with one attached hydrogen (secondary N) is 1. The Kier molecular flexibility index (Phi) is 4.33. The van der Waals surface area contributed by atoms with Gasteiger partial charge in [-0.05, 0) is 24.4 Å². The number of halogens is 1. The van der Waals surface area contributed by atoms with Gasteiger partial charge in [0.15, 0.2) is 0 Å². The first kappa shape index (κ1) is 13.1. The van der Waals surface area contributed by atoms with Gasteiger partial charge >= 0.3 is 0 Å². The summed E-state index contributed by atoms with van der Waals surface area (Å²) in [5.41, 5.74) is 0.414. The Labute approximate surface area is 115 Å². The van der Waals surface area contributed by atoms with Crippen molar-refractivity contribution in [3.05, 3.63) is 51.4 Å². The highest BCUT2D eigenvalue weighted by atomic mass is 35.5. The van der Waals surface area contributed by atoms with Crippen LogP contribution >= 0.6 is 22.9 Å². The van der Waals surface area contributed by atoms with Gasteiger partial charge in [0.25, 0.3) is 5.91 Å². The maximum Gasteiger partial charge on any atom is 0.254 e. The van der Waals surface area contributed by atoms with E-state index >= 15 is 0 Å². The first-order chi connectivity index (χ1) is 8.66. The lowest BCUT2D eigenvalue weighted by atomic mass is 10.2. The molecule has 2 aromatic rings. The van der Waals surface area contributed by atoms with Crippen LogP contribution in [0.2, 0.25) is 5.02 Å². The number of hydrogen-bond acceptors (Lipinski definition) is 3. The van der Waals surface area contributed by atoms with E-state index in [9.17, 15) is 4.79 Å². The van der Waals surface area contributed by atoms with Crippen molar-refractivity contribution >= 4 is 28.8 Å². The Morgan fingerprint density at radius 2 is 2.39 bits per heavy atom. The van der Waals surface area contributed by atoms with Crippen molar-refractivity contribution in [1.29, 1.82) is 0 Å². The van der Waals surface area contributed by atoms with Gasteiger partial charge < -0.3 is 5.32 Å². The minimum absolute atomic E-state index is 0.0624. The molecule has 1 N–H and O–H groups in total. The van der Waals surface area contributed by atoms with E-state index in [1.165, 1.54) is 11.1 Å². The van der Waals surface area contributed by atoms with Crippen molar-refractivity contribution in [2.24, 2.45) is 0 Å². The standard InChI is InChI=1S/C13H13ClN2OS/c1-9(7-10-3-2-6-18-10)16-13(17)11-8-15-5-4-12(11)14/h2-6,8-9H,7H2,1H3,(H,16,17). The highest BCUT2D eigenvalue weighted by Gasteiger charge is 2.13. The SMILES string of the molecule is CC(Cc1cccs1)NC(=O)c1cnccc1Cl. The van der Waals surface area contributed by atoms with Crippen molar-refractivity contribution in [2.45, 2.75) is 19.4 Å². The quantitative estimate of drug-likeness (QED) is 0.935. The number of pyridine rings is 1. The number of thiophene rings is 1. The van der Waals surface area contributed by atoms with E-state index in [-0.39, 0.29) is 11.9 Å². The molecule has 0 aliphatic rings. The van der Waals surface area contributed by atoms with E-state index in [2.05, 4.69) is 16.4 Å². The maximum atomic E-state index is 12.0. The van der Waals surface area contributed by atoms with Crippen LogP contribution in [-0.2, 0) is 6.42 Å². The second-order valence-electron chi connectivity index (χ2n) is 4.01. The molecule has 0 bridgehead atoms. The minimum Gasteiger partial charge on any atom is -0.349 e. The Morgan fingerprint density at radius 3 is 3.06 bits per heavy atom. The number of aromatic nitrogens is 1. The van der Waals surface area contributed by atoms with Crippen LogP contribution in [0.1, 0.15) is 22.2 Å². The Hall–Kier alpha value is -1.39. The molecule has 18 heavy (non-hydrogen) atoms. The molecule has 1 amide bonds. The summed E-state index contributed by atoms with van der Waals surface area (Å²) in [5.74, 6) is -0.183. The number of carbonyl (C=O) groups excluding carboxylic acids is 1. The highest BCUT2D eigenvalue weighted by molar-refractivity contribution is 7.09. The van der Waals surface area contributed by atoms with Crippen LogP contribution in [0.3, 0.4) is 0 Å². The molecule has 94 valence electrons. The number of amides is 1. The van der Waals surface area contributed by atoms with E-state index in [0.29, 0.717) is 10.6 Å². The smallest absolute Gasteiger partial charge is 0.254 e. The molecule has 0 spiro atoms. The summed E-state index contributed by atoms with van der Waals surface area (Å²) < 4.78 is 0. The van der Waals surface area contributed by atoms with Gasteiger partial charge in [-0.2, -0.15) is 0 Å². The first-order valence-electron chi connectivity index (χ1n) is 5.59. The molecule has 0 aliphatic carbocycles. The highest BCUT2D eigenvalue weighted by Crippen LogP contribution is 2.14. The van der Waals surface area contributed by atoms with E-state index < -0.39 is 0 Å². The molecule has 0 saturated carbocycles. The Morgan fingerprint density at radius 1 is 1.56 bits per heavy atom. The van der Waals surface area contributed by atoms with Crippen molar-refractivity contribution in [2.75, 3.05) is 0 Å². The summed E-state index contributed by atoms with van der Waals surface area (Å²) in [5, 5.41) is 5.37. The van der Waals surface area contributed by atoms with Gasteiger partial charge in [-0.15, -0.1) is 11.3 Å².